The predicted octanol–water partition coefficient (Wildman–Crippen LogP) is 6.94. The van der Waals surface area contributed by atoms with Crippen molar-refractivity contribution in [3.63, 3.8) is 0 Å². The maximum atomic E-state index is 13.0. The Bertz CT molecular complexity index is 1640. The van der Waals surface area contributed by atoms with Gasteiger partial charge in [0.15, 0.2) is 0 Å². The lowest BCUT2D eigenvalue weighted by Gasteiger charge is -2.11. The molecule has 42 heavy (non-hydrogen) atoms. The maximum Gasteiger partial charge on any atom is 0.255 e. The lowest BCUT2D eigenvalue weighted by Crippen LogP contribution is -2.16. The van der Waals surface area contributed by atoms with E-state index >= 15 is 0 Å². The Morgan fingerprint density at radius 2 is 0.619 bits per heavy atom. The first-order valence-electron chi connectivity index (χ1n) is 13.1. The van der Waals surface area contributed by atoms with Crippen molar-refractivity contribution in [3.05, 3.63) is 156 Å². The zero-order chi connectivity index (χ0) is 29.3. The van der Waals surface area contributed by atoms with Crippen LogP contribution >= 0.6 is 0 Å². The summed E-state index contributed by atoms with van der Waals surface area (Å²) in [6, 6.07) is 37.6. The van der Waals surface area contributed by atoms with Gasteiger partial charge in [0.25, 0.3) is 23.6 Å². The van der Waals surface area contributed by atoms with Gasteiger partial charge in [0, 0.05) is 46.4 Å². The molecule has 0 radical (unpaired) electrons. The zero-order valence-electron chi connectivity index (χ0n) is 22.3. The highest BCUT2D eigenvalue weighted by Crippen LogP contribution is 2.20. The van der Waals surface area contributed by atoms with Crippen LogP contribution in [0.1, 0.15) is 42.9 Å². The van der Waals surface area contributed by atoms with Crippen molar-refractivity contribution in [1.82, 2.24) is 0 Å². The third kappa shape index (κ3) is 7.13. The summed E-state index contributed by atoms with van der Waals surface area (Å²) in [5.74, 6) is -1.35. The Kier molecular flexibility index (Phi) is 8.45. The maximum absolute atomic E-state index is 13.0. The molecule has 4 N–H and O–H groups in total. The van der Waals surface area contributed by atoms with Crippen LogP contribution in [-0.2, 0) is 0 Å². The highest BCUT2D eigenvalue weighted by Gasteiger charge is 2.13. The van der Waals surface area contributed by atoms with Gasteiger partial charge in [-0.25, -0.2) is 0 Å². The summed E-state index contributed by atoms with van der Waals surface area (Å²) in [7, 11) is 0. The van der Waals surface area contributed by atoms with Crippen LogP contribution in [0.4, 0.5) is 22.7 Å². The second-order valence-electron chi connectivity index (χ2n) is 9.29. The molecule has 0 unspecified atom stereocenters. The number of rotatable bonds is 8. The van der Waals surface area contributed by atoms with E-state index in [0.29, 0.717) is 33.9 Å². The average Bonchev–Trinajstić information content (AvgIpc) is 3.02. The molecule has 8 nitrogen and oxygen atoms in total. The number of hydrogen-bond acceptors (Lipinski definition) is 4. The fourth-order valence-electron chi connectivity index (χ4n) is 4.14. The van der Waals surface area contributed by atoms with E-state index in [0.717, 1.165) is 0 Å². The van der Waals surface area contributed by atoms with Gasteiger partial charge >= 0.3 is 0 Å². The minimum atomic E-state index is -0.415. The highest BCUT2D eigenvalue weighted by atomic mass is 16.2. The molecule has 0 fully saturated rings. The number of hydrogen-bond donors (Lipinski definition) is 4. The van der Waals surface area contributed by atoms with Gasteiger partial charge in [0.1, 0.15) is 0 Å². The Hall–Kier alpha value is -6.02. The van der Waals surface area contributed by atoms with Gasteiger partial charge in [-0.05, 0) is 78.9 Å². The molecule has 8 heteroatoms. The number of carbonyl (C=O) groups is 4. The Morgan fingerprint density at radius 1 is 0.333 bits per heavy atom. The highest BCUT2D eigenvalue weighted by molar-refractivity contribution is 6.10. The van der Waals surface area contributed by atoms with E-state index in [1.165, 1.54) is 6.07 Å². The Balaban J connectivity index is 0.00000423. The van der Waals surface area contributed by atoms with Crippen molar-refractivity contribution >= 4 is 46.4 Å². The van der Waals surface area contributed by atoms with Gasteiger partial charge in [0.05, 0.1) is 0 Å². The van der Waals surface area contributed by atoms with Crippen molar-refractivity contribution in [2.75, 3.05) is 21.3 Å². The summed E-state index contributed by atoms with van der Waals surface area (Å²) >= 11 is 0. The normalized spacial score (nSPS) is 10.3. The van der Waals surface area contributed by atoms with Crippen LogP contribution in [0.2, 0.25) is 0 Å². The molecule has 208 valence electrons. The van der Waals surface area contributed by atoms with Gasteiger partial charge in [-0.1, -0.05) is 54.6 Å². The van der Waals surface area contributed by atoms with E-state index in [4.69, 9.17) is 0 Å². The topological polar surface area (TPSA) is 116 Å². The Morgan fingerprint density at radius 3 is 0.976 bits per heavy atom. The number of nitrogens with one attached hydrogen (secondary N) is 4. The van der Waals surface area contributed by atoms with Gasteiger partial charge in [0.2, 0.25) is 0 Å². The molecule has 0 saturated carbocycles. The monoisotopic (exact) mass is 556 g/mol. The molecule has 0 spiro atoms. The van der Waals surface area contributed by atoms with E-state index in [1.54, 1.807) is 115 Å². The zero-order valence-corrected chi connectivity index (χ0v) is 22.3. The third-order valence-corrected chi connectivity index (χ3v) is 6.22. The molecule has 0 saturated heterocycles. The molecule has 5 rings (SSSR count). The van der Waals surface area contributed by atoms with E-state index in [9.17, 15) is 19.2 Å². The minimum Gasteiger partial charge on any atom is -0.322 e. The molecular weight excluding hydrogens is 528 g/mol. The largest absolute Gasteiger partial charge is 0.322 e. The molecule has 0 aliphatic heterocycles. The van der Waals surface area contributed by atoms with E-state index in [-0.39, 0.29) is 24.4 Å². The second-order valence-corrected chi connectivity index (χ2v) is 9.29. The van der Waals surface area contributed by atoms with Crippen molar-refractivity contribution in [2.24, 2.45) is 0 Å². The second kappa shape index (κ2) is 12.9. The summed E-state index contributed by atoms with van der Waals surface area (Å²) in [6.07, 6.45) is 0. The summed E-state index contributed by atoms with van der Waals surface area (Å²) < 4.78 is 0. The van der Waals surface area contributed by atoms with E-state index in [2.05, 4.69) is 21.3 Å². The molecule has 5 aromatic carbocycles. The van der Waals surface area contributed by atoms with Crippen molar-refractivity contribution in [2.45, 2.75) is 0 Å². The molecule has 0 heterocycles. The van der Waals surface area contributed by atoms with Crippen LogP contribution in [0.3, 0.4) is 0 Å². The average molecular weight is 557 g/mol. The van der Waals surface area contributed by atoms with E-state index in [1.807, 2.05) is 12.1 Å². The summed E-state index contributed by atoms with van der Waals surface area (Å²) in [5, 5.41) is 11.2. The third-order valence-electron chi connectivity index (χ3n) is 6.22. The fourth-order valence-corrected chi connectivity index (χ4v) is 4.14. The smallest absolute Gasteiger partial charge is 0.255 e. The van der Waals surface area contributed by atoms with E-state index < -0.39 is 11.8 Å². The lowest BCUT2D eigenvalue weighted by molar-refractivity contribution is 0.101. The number of carbonyl (C=O) groups excluding carboxylic acids is 4. The van der Waals surface area contributed by atoms with Crippen LogP contribution < -0.4 is 21.3 Å². The van der Waals surface area contributed by atoms with Crippen molar-refractivity contribution < 1.29 is 20.6 Å². The molecular formula is C34H28N4O4. The quantitative estimate of drug-likeness (QED) is 0.166. The van der Waals surface area contributed by atoms with Crippen molar-refractivity contribution in [1.29, 1.82) is 0 Å². The summed E-state index contributed by atoms with van der Waals surface area (Å²) in [5.41, 5.74) is 3.62. The van der Waals surface area contributed by atoms with Crippen LogP contribution in [-0.4, -0.2) is 23.6 Å². The number of benzene rings is 5. The molecule has 0 bridgehead atoms. The fraction of sp³-hybridized carbons (Fsp3) is 0. The molecule has 0 atom stereocenters. The summed E-state index contributed by atoms with van der Waals surface area (Å²) in [6.45, 7) is 0. The first-order valence-corrected chi connectivity index (χ1v) is 13.1. The van der Waals surface area contributed by atoms with Crippen molar-refractivity contribution in [3.8, 4) is 0 Å². The first-order chi connectivity index (χ1) is 20.4. The number of amides is 4. The predicted molar refractivity (Wildman–Crippen MR) is 166 cm³/mol. The number of anilines is 4. The Labute approximate surface area is 243 Å². The van der Waals surface area contributed by atoms with Gasteiger partial charge < -0.3 is 21.3 Å². The summed E-state index contributed by atoms with van der Waals surface area (Å²) in [4.78, 5) is 50.9. The van der Waals surface area contributed by atoms with Gasteiger partial charge in [-0.3, -0.25) is 19.2 Å². The SMILES string of the molecule is O=C(Nc1cccc(NC(=O)c2cccc(C(=O)Nc3cccc(NC(=O)c4ccccc4)c3)c2)c1)c1ccccc1.[HH]. The first kappa shape index (κ1) is 27.5. The molecule has 0 aliphatic rings. The van der Waals surface area contributed by atoms with Crippen LogP contribution in [0, 0.1) is 0 Å². The molecule has 5 aromatic rings. The molecule has 0 aliphatic carbocycles. The van der Waals surface area contributed by atoms with Crippen LogP contribution in [0.15, 0.2) is 133 Å². The van der Waals surface area contributed by atoms with Crippen LogP contribution in [0.25, 0.3) is 0 Å². The van der Waals surface area contributed by atoms with Gasteiger partial charge in [-0.2, -0.15) is 0 Å². The minimum absolute atomic E-state index is 0. The lowest BCUT2D eigenvalue weighted by atomic mass is 10.1. The van der Waals surface area contributed by atoms with Gasteiger partial charge in [-0.15, -0.1) is 0 Å². The van der Waals surface area contributed by atoms with Crippen LogP contribution in [0.5, 0.6) is 0 Å². The molecule has 0 aromatic heterocycles. The molecule has 4 amide bonds. The standard InChI is InChI=1S/C34H26N4O4.H2/c39-31(23-10-3-1-4-11-23)35-27-16-8-18-29(21-27)37-33(41)25-14-7-15-26(20-25)34(42)38-30-19-9-17-28(22-30)36-32(40)24-12-5-2-6-13-24;/h1-22H,(H,35,39)(H,36,40)(H,37,41)(H,38,42);1H.